The summed E-state index contributed by atoms with van der Waals surface area (Å²) in [4.78, 5) is 31.6. The number of hydrazone groups is 1. The smallest absolute Gasteiger partial charge is 0.335 e. The van der Waals surface area contributed by atoms with E-state index >= 15 is 0 Å². The van der Waals surface area contributed by atoms with Crippen molar-refractivity contribution in [3.63, 3.8) is 0 Å². The molecule has 33 heavy (non-hydrogen) atoms. The van der Waals surface area contributed by atoms with Crippen LogP contribution in [0.25, 0.3) is 5.69 Å². The number of piperidine rings is 1. The molecule has 1 fully saturated rings. The maximum atomic E-state index is 12.6. The van der Waals surface area contributed by atoms with Gasteiger partial charge in [-0.1, -0.05) is 6.07 Å². The fraction of sp³-hybridized carbons (Fsp3) is 0.304. The van der Waals surface area contributed by atoms with Gasteiger partial charge in [0.2, 0.25) is 5.88 Å². The van der Waals surface area contributed by atoms with Crippen LogP contribution >= 0.6 is 0 Å². The van der Waals surface area contributed by atoms with Crippen LogP contribution in [0.5, 0.6) is 17.4 Å². The van der Waals surface area contributed by atoms with Crippen molar-refractivity contribution in [2.75, 3.05) is 20.8 Å². The highest BCUT2D eigenvalue weighted by Gasteiger charge is 2.23. The normalized spacial score (nSPS) is 16.2. The third-order valence-corrected chi connectivity index (χ3v) is 5.63. The van der Waals surface area contributed by atoms with Crippen molar-refractivity contribution in [1.29, 1.82) is 0 Å². The molecule has 3 heterocycles. The van der Waals surface area contributed by atoms with Crippen LogP contribution in [0.15, 0.2) is 57.4 Å². The first kappa shape index (κ1) is 22.1. The Morgan fingerprint density at radius 1 is 1.21 bits per heavy atom. The maximum Gasteiger partial charge on any atom is 0.335 e. The van der Waals surface area contributed by atoms with Gasteiger partial charge in [-0.2, -0.15) is 5.10 Å². The zero-order chi connectivity index (χ0) is 23.4. The van der Waals surface area contributed by atoms with Crippen LogP contribution in [0, 0.1) is 0 Å². The lowest BCUT2D eigenvalue weighted by atomic mass is 9.98. The van der Waals surface area contributed by atoms with Gasteiger partial charge in [0.25, 0.3) is 5.56 Å². The predicted octanol–water partition coefficient (Wildman–Crippen LogP) is 2.20. The Hall–Kier alpha value is -4.08. The summed E-state index contributed by atoms with van der Waals surface area (Å²) in [6, 6.07) is 8.67. The van der Waals surface area contributed by atoms with E-state index in [1.54, 1.807) is 24.5 Å². The van der Waals surface area contributed by atoms with Gasteiger partial charge in [-0.3, -0.25) is 19.8 Å². The number of nitrogens with zero attached hydrogens (tertiary/aromatic N) is 4. The lowest BCUT2D eigenvalue weighted by Crippen LogP contribution is -2.32. The molecular formula is C23H25N5O5. The molecule has 10 nitrogen and oxygen atoms in total. The molecule has 1 aliphatic heterocycles. The summed E-state index contributed by atoms with van der Waals surface area (Å²) < 4.78 is 11.5. The van der Waals surface area contributed by atoms with E-state index in [4.69, 9.17) is 9.47 Å². The summed E-state index contributed by atoms with van der Waals surface area (Å²) in [7, 11) is 2.92. The van der Waals surface area contributed by atoms with E-state index in [9.17, 15) is 14.7 Å². The van der Waals surface area contributed by atoms with Crippen molar-refractivity contribution in [3.05, 3.63) is 74.7 Å². The second-order valence-electron chi connectivity index (χ2n) is 7.58. The van der Waals surface area contributed by atoms with Gasteiger partial charge in [0.05, 0.1) is 32.2 Å². The molecule has 1 atom stereocenters. The van der Waals surface area contributed by atoms with E-state index in [2.05, 4.69) is 15.1 Å². The van der Waals surface area contributed by atoms with Crippen LogP contribution in [0.2, 0.25) is 0 Å². The Kier molecular flexibility index (Phi) is 6.43. The SMILES string of the molecule is COc1ccc(OC)c(-n2c(O)c(/C=N/N3CCCCC3c3cccnc3)c(=O)[nH]c2=O)c1. The van der Waals surface area contributed by atoms with Crippen LogP contribution in [0.3, 0.4) is 0 Å². The van der Waals surface area contributed by atoms with Crippen molar-refractivity contribution >= 4 is 6.21 Å². The minimum absolute atomic E-state index is 0.00862. The Labute approximate surface area is 189 Å². The van der Waals surface area contributed by atoms with Gasteiger partial charge < -0.3 is 14.6 Å². The van der Waals surface area contributed by atoms with E-state index in [0.717, 1.165) is 29.4 Å². The molecule has 2 N–H and O–H groups in total. The molecule has 1 unspecified atom stereocenters. The van der Waals surface area contributed by atoms with Gasteiger partial charge in [-0.25, -0.2) is 9.36 Å². The highest BCUT2D eigenvalue weighted by atomic mass is 16.5. The van der Waals surface area contributed by atoms with Gasteiger partial charge in [0, 0.05) is 25.0 Å². The number of aromatic nitrogens is 3. The average Bonchev–Trinajstić information content (AvgIpc) is 2.84. The molecule has 0 radical (unpaired) electrons. The summed E-state index contributed by atoms with van der Waals surface area (Å²) in [5.74, 6) is 0.218. The lowest BCUT2D eigenvalue weighted by molar-refractivity contribution is 0.156. The van der Waals surface area contributed by atoms with Gasteiger partial charge in [0.15, 0.2) is 0 Å². The Bertz CT molecular complexity index is 1270. The zero-order valence-electron chi connectivity index (χ0n) is 18.4. The van der Waals surface area contributed by atoms with E-state index in [0.29, 0.717) is 18.0 Å². The molecule has 0 aliphatic carbocycles. The Morgan fingerprint density at radius 2 is 2.06 bits per heavy atom. The van der Waals surface area contributed by atoms with Gasteiger partial charge in [-0.15, -0.1) is 0 Å². The summed E-state index contributed by atoms with van der Waals surface area (Å²) in [5, 5.41) is 17.3. The van der Waals surface area contributed by atoms with Gasteiger partial charge >= 0.3 is 5.69 Å². The minimum atomic E-state index is -0.813. The standard InChI is InChI=1S/C23H25N5O5/c1-32-16-8-9-20(33-2)19(12-16)28-22(30)17(21(29)26-23(28)31)14-25-27-11-4-3-7-18(27)15-6-5-10-24-13-15/h5-6,8-10,12-14,18,30H,3-4,7,11H2,1-2H3,(H,26,29,31)/b25-14+. The average molecular weight is 451 g/mol. The monoisotopic (exact) mass is 451 g/mol. The summed E-state index contributed by atoms with van der Waals surface area (Å²) in [6.07, 6.45) is 7.71. The second-order valence-corrected chi connectivity index (χ2v) is 7.58. The number of benzene rings is 1. The number of aromatic hydroxyl groups is 1. The molecule has 10 heteroatoms. The number of aromatic amines is 1. The third-order valence-electron chi connectivity index (χ3n) is 5.63. The zero-order valence-corrected chi connectivity index (χ0v) is 18.4. The van der Waals surface area contributed by atoms with Gasteiger partial charge in [0.1, 0.15) is 17.1 Å². The summed E-state index contributed by atoms with van der Waals surface area (Å²) in [6.45, 7) is 0.693. The number of hydrogen-bond acceptors (Lipinski definition) is 8. The van der Waals surface area contributed by atoms with Crippen LogP contribution < -0.4 is 20.7 Å². The molecule has 1 saturated heterocycles. The van der Waals surface area contributed by atoms with Crippen LogP contribution in [-0.2, 0) is 0 Å². The van der Waals surface area contributed by atoms with Crippen molar-refractivity contribution < 1.29 is 14.6 Å². The highest BCUT2D eigenvalue weighted by Crippen LogP contribution is 2.31. The summed E-state index contributed by atoms with van der Waals surface area (Å²) in [5.41, 5.74) is -0.452. The molecule has 0 amide bonds. The van der Waals surface area contributed by atoms with E-state index < -0.39 is 17.1 Å². The topological polar surface area (TPSA) is 122 Å². The molecule has 172 valence electrons. The second kappa shape index (κ2) is 9.60. The molecular weight excluding hydrogens is 426 g/mol. The number of pyridine rings is 1. The molecule has 4 rings (SSSR count). The largest absolute Gasteiger partial charge is 0.497 e. The minimum Gasteiger partial charge on any atom is -0.497 e. The first-order chi connectivity index (χ1) is 16.0. The van der Waals surface area contributed by atoms with E-state index in [-0.39, 0.29) is 17.3 Å². The van der Waals surface area contributed by atoms with E-state index in [1.807, 2.05) is 17.1 Å². The molecule has 0 saturated carbocycles. The summed E-state index contributed by atoms with van der Waals surface area (Å²) >= 11 is 0. The molecule has 3 aromatic rings. The van der Waals surface area contributed by atoms with Crippen LogP contribution in [0.4, 0.5) is 0 Å². The van der Waals surface area contributed by atoms with Crippen molar-refractivity contribution in [2.45, 2.75) is 25.3 Å². The van der Waals surface area contributed by atoms with Crippen molar-refractivity contribution in [1.82, 2.24) is 19.5 Å². The lowest BCUT2D eigenvalue weighted by Gasteiger charge is -2.33. The number of methoxy groups -OCH3 is 2. The molecule has 0 bridgehead atoms. The Balaban J connectivity index is 1.76. The first-order valence-corrected chi connectivity index (χ1v) is 10.5. The quantitative estimate of drug-likeness (QED) is 0.551. The fourth-order valence-electron chi connectivity index (χ4n) is 3.95. The molecule has 1 aromatic carbocycles. The van der Waals surface area contributed by atoms with E-state index in [1.165, 1.54) is 26.5 Å². The molecule has 2 aromatic heterocycles. The number of nitrogens with one attached hydrogen (secondary N) is 1. The predicted molar refractivity (Wildman–Crippen MR) is 123 cm³/mol. The number of H-pyrrole nitrogens is 1. The maximum absolute atomic E-state index is 12.6. The van der Waals surface area contributed by atoms with Crippen LogP contribution in [0.1, 0.15) is 36.4 Å². The third kappa shape index (κ3) is 4.45. The number of rotatable bonds is 6. The fourth-order valence-corrected chi connectivity index (χ4v) is 3.95. The molecule has 0 spiro atoms. The van der Waals surface area contributed by atoms with Crippen LogP contribution in [-0.4, -0.2) is 51.6 Å². The molecule has 1 aliphatic rings. The number of ether oxygens (including phenoxy) is 2. The van der Waals surface area contributed by atoms with Crippen molar-refractivity contribution in [2.24, 2.45) is 5.10 Å². The highest BCUT2D eigenvalue weighted by molar-refractivity contribution is 5.82. The number of hydrogen-bond donors (Lipinski definition) is 2. The van der Waals surface area contributed by atoms with Crippen molar-refractivity contribution in [3.8, 4) is 23.1 Å². The first-order valence-electron chi connectivity index (χ1n) is 10.5. The van der Waals surface area contributed by atoms with Gasteiger partial charge in [-0.05, 0) is 43.0 Å². The Morgan fingerprint density at radius 3 is 2.79 bits per heavy atom.